The molecule has 0 aliphatic heterocycles. The van der Waals surface area contributed by atoms with E-state index < -0.39 is 24.6 Å². The van der Waals surface area contributed by atoms with Crippen molar-refractivity contribution in [1.29, 1.82) is 0 Å². The van der Waals surface area contributed by atoms with Crippen LogP contribution in [0.2, 0.25) is 0 Å². The third-order valence-corrected chi connectivity index (χ3v) is 2.05. The van der Waals surface area contributed by atoms with Crippen LogP contribution in [0.25, 0.3) is 0 Å². The van der Waals surface area contributed by atoms with Gasteiger partial charge < -0.3 is 9.67 Å². The molecule has 90 valence electrons. The van der Waals surface area contributed by atoms with Gasteiger partial charge in [0.1, 0.15) is 18.2 Å². The highest BCUT2D eigenvalue weighted by Crippen LogP contribution is 2.22. The van der Waals surface area contributed by atoms with Crippen LogP contribution in [0.15, 0.2) is 6.33 Å². The molecular weight excluding hydrogens is 227 g/mol. The van der Waals surface area contributed by atoms with Crippen LogP contribution in [0.5, 0.6) is 0 Å². The van der Waals surface area contributed by atoms with E-state index in [0.29, 0.717) is 0 Å². The van der Waals surface area contributed by atoms with Crippen LogP contribution in [-0.4, -0.2) is 32.0 Å². The van der Waals surface area contributed by atoms with Gasteiger partial charge in [0.25, 0.3) is 0 Å². The minimum Gasteiger partial charge on any atom is -0.480 e. The molecule has 0 radical (unpaired) electrons. The first-order valence-electron chi connectivity index (χ1n) is 4.49. The second-order valence-corrected chi connectivity index (χ2v) is 3.28. The Kier molecular flexibility index (Phi) is 3.51. The second kappa shape index (κ2) is 4.50. The van der Waals surface area contributed by atoms with Crippen molar-refractivity contribution >= 4 is 5.97 Å². The maximum atomic E-state index is 12.0. The zero-order chi connectivity index (χ0) is 12.3. The number of rotatable bonds is 4. The molecule has 1 unspecified atom stereocenters. The summed E-state index contributed by atoms with van der Waals surface area (Å²) < 4.78 is 37.0. The predicted molar refractivity (Wildman–Crippen MR) is 46.7 cm³/mol. The molecule has 0 saturated heterocycles. The standard InChI is InChI=1S/C8H10F3N3O2/c1-5(7(15)16)14-4-12-13-6(14)2-3-8(9,10)11/h4-5H,2-3H2,1H3,(H,15,16). The van der Waals surface area contributed by atoms with Crippen LogP contribution in [-0.2, 0) is 11.2 Å². The van der Waals surface area contributed by atoms with Crippen LogP contribution < -0.4 is 0 Å². The Labute approximate surface area is 88.9 Å². The molecule has 5 nitrogen and oxygen atoms in total. The monoisotopic (exact) mass is 237 g/mol. The number of aromatic nitrogens is 3. The lowest BCUT2D eigenvalue weighted by atomic mass is 10.2. The Morgan fingerprint density at radius 2 is 2.25 bits per heavy atom. The summed E-state index contributed by atoms with van der Waals surface area (Å²) in [6, 6.07) is -0.974. The van der Waals surface area contributed by atoms with Crippen molar-refractivity contribution in [2.24, 2.45) is 0 Å². The van der Waals surface area contributed by atoms with E-state index in [1.165, 1.54) is 6.92 Å². The Hall–Kier alpha value is -1.60. The van der Waals surface area contributed by atoms with Gasteiger partial charge in [-0.05, 0) is 6.92 Å². The lowest BCUT2D eigenvalue weighted by molar-refractivity contribution is -0.140. The minimum absolute atomic E-state index is 0.0206. The van der Waals surface area contributed by atoms with Gasteiger partial charge in [0, 0.05) is 6.42 Å². The van der Waals surface area contributed by atoms with Gasteiger partial charge in [-0.1, -0.05) is 0 Å². The number of carboxylic acids is 1. The number of nitrogens with zero attached hydrogens (tertiary/aromatic N) is 3. The van der Waals surface area contributed by atoms with Gasteiger partial charge in [-0.3, -0.25) is 0 Å². The Bertz CT molecular complexity index is 375. The molecule has 0 aliphatic carbocycles. The Morgan fingerprint density at radius 3 is 2.75 bits per heavy atom. The molecule has 0 bridgehead atoms. The van der Waals surface area contributed by atoms with Crippen LogP contribution in [0, 0.1) is 0 Å². The molecule has 1 rings (SSSR count). The molecule has 1 N–H and O–H groups in total. The minimum atomic E-state index is -4.29. The Balaban J connectivity index is 2.75. The fourth-order valence-corrected chi connectivity index (χ4v) is 1.14. The van der Waals surface area contributed by atoms with E-state index in [4.69, 9.17) is 5.11 Å². The zero-order valence-electron chi connectivity index (χ0n) is 8.40. The maximum absolute atomic E-state index is 12.0. The van der Waals surface area contributed by atoms with Crippen molar-refractivity contribution in [1.82, 2.24) is 14.8 Å². The summed E-state index contributed by atoms with van der Waals surface area (Å²) in [4.78, 5) is 10.7. The Morgan fingerprint density at radius 1 is 1.62 bits per heavy atom. The first kappa shape index (κ1) is 12.5. The van der Waals surface area contributed by atoms with E-state index in [2.05, 4.69) is 10.2 Å². The molecule has 1 aromatic heterocycles. The van der Waals surface area contributed by atoms with E-state index in [-0.39, 0.29) is 12.2 Å². The molecule has 0 saturated carbocycles. The van der Waals surface area contributed by atoms with Crippen LogP contribution in [0.3, 0.4) is 0 Å². The summed E-state index contributed by atoms with van der Waals surface area (Å²) in [5.74, 6) is -1.12. The van der Waals surface area contributed by atoms with Gasteiger partial charge >= 0.3 is 12.1 Å². The number of carboxylic acid groups (broad SMARTS) is 1. The fourth-order valence-electron chi connectivity index (χ4n) is 1.14. The summed E-state index contributed by atoms with van der Waals surface area (Å²) in [6.45, 7) is 1.35. The lowest BCUT2D eigenvalue weighted by Crippen LogP contribution is -2.19. The number of carbonyl (C=O) groups is 1. The summed E-state index contributed by atoms with van der Waals surface area (Å²) >= 11 is 0. The number of hydrogen-bond acceptors (Lipinski definition) is 3. The van der Waals surface area contributed by atoms with Crippen molar-refractivity contribution in [2.75, 3.05) is 0 Å². The molecular formula is C8H10F3N3O2. The molecule has 0 fully saturated rings. The number of hydrogen-bond donors (Lipinski definition) is 1. The maximum Gasteiger partial charge on any atom is 0.389 e. The smallest absolute Gasteiger partial charge is 0.389 e. The summed E-state index contributed by atoms with van der Waals surface area (Å²) in [5.41, 5.74) is 0. The highest BCUT2D eigenvalue weighted by atomic mass is 19.4. The number of aryl methyl sites for hydroxylation is 1. The number of aliphatic carboxylic acids is 1. The van der Waals surface area contributed by atoms with E-state index in [1.807, 2.05) is 0 Å². The average Bonchev–Trinajstić information content (AvgIpc) is 2.59. The third kappa shape index (κ3) is 3.21. The molecule has 1 aromatic rings. The molecule has 16 heavy (non-hydrogen) atoms. The normalized spacial score (nSPS) is 13.8. The molecule has 0 amide bonds. The van der Waals surface area contributed by atoms with Crippen molar-refractivity contribution in [2.45, 2.75) is 32.0 Å². The highest BCUT2D eigenvalue weighted by molar-refractivity contribution is 5.71. The molecule has 8 heteroatoms. The molecule has 1 atom stereocenters. The van der Waals surface area contributed by atoms with Crippen LogP contribution in [0.4, 0.5) is 13.2 Å². The third-order valence-electron chi connectivity index (χ3n) is 2.05. The van der Waals surface area contributed by atoms with Crippen molar-refractivity contribution in [3.05, 3.63) is 12.2 Å². The first-order valence-corrected chi connectivity index (χ1v) is 4.49. The van der Waals surface area contributed by atoms with Gasteiger partial charge in [0.15, 0.2) is 0 Å². The number of alkyl halides is 3. The van der Waals surface area contributed by atoms with Crippen LogP contribution in [0.1, 0.15) is 25.2 Å². The molecule has 0 aromatic carbocycles. The van der Waals surface area contributed by atoms with Crippen LogP contribution >= 0.6 is 0 Å². The SMILES string of the molecule is CC(C(=O)O)n1cnnc1CCC(F)(F)F. The van der Waals surface area contributed by atoms with E-state index in [0.717, 1.165) is 10.9 Å². The molecule has 0 aliphatic rings. The van der Waals surface area contributed by atoms with Crippen molar-refractivity contribution in [3.63, 3.8) is 0 Å². The summed E-state index contributed by atoms with van der Waals surface area (Å²) in [7, 11) is 0. The summed E-state index contributed by atoms with van der Waals surface area (Å²) in [6.07, 6.45) is -4.59. The lowest BCUT2D eigenvalue weighted by Gasteiger charge is -2.11. The van der Waals surface area contributed by atoms with Gasteiger partial charge in [-0.2, -0.15) is 13.2 Å². The average molecular weight is 237 g/mol. The quantitative estimate of drug-likeness (QED) is 0.859. The largest absolute Gasteiger partial charge is 0.480 e. The highest BCUT2D eigenvalue weighted by Gasteiger charge is 2.28. The van der Waals surface area contributed by atoms with E-state index in [9.17, 15) is 18.0 Å². The second-order valence-electron chi connectivity index (χ2n) is 3.28. The molecule has 1 heterocycles. The first-order chi connectivity index (χ1) is 7.31. The van der Waals surface area contributed by atoms with Gasteiger partial charge in [0.05, 0.1) is 6.42 Å². The van der Waals surface area contributed by atoms with E-state index >= 15 is 0 Å². The van der Waals surface area contributed by atoms with Gasteiger partial charge in [-0.15, -0.1) is 10.2 Å². The van der Waals surface area contributed by atoms with Gasteiger partial charge in [0.2, 0.25) is 0 Å². The zero-order valence-corrected chi connectivity index (χ0v) is 8.40. The van der Waals surface area contributed by atoms with Crippen molar-refractivity contribution < 1.29 is 23.1 Å². The van der Waals surface area contributed by atoms with Crippen molar-refractivity contribution in [3.8, 4) is 0 Å². The predicted octanol–water partition coefficient (Wildman–Crippen LogP) is 1.42. The van der Waals surface area contributed by atoms with Gasteiger partial charge in [-0.25, -0.2) is 4.79 Å². The van der Waals surface area contributed by atoms with E-state index in [1.54, 1.807) is 0 Å². The molecule has 0 spiro atoms. The summed E-state index contributed by atoms with van der Waals surface area (Å²) in [5, 5.41) is 15.6. The number of halogens is 3. The topological polar surface area (TPSA) is 68.0 Å². The fraction of sp³-hybridized carbons (Fsp3) is 0.625.